The number of rotatable bonds is 23. The molecule has 186 valence electrons. The molecule has 0 aliphatic carbocycles. The summed E-state index contributed by atoms with van der Waals surface area (Å²) in [4.78, 5) is 24.1. The van der Waals surface area contributed by atoms with E-state index in [0.29, 0.717) is 13.0 Å². The summed E-state index contributed by atoms with van der Waals surface area (Å²) in [5.41, 5.74) is 0. The van der Waals surface area contributed by atoms with E-state index in [0.717, 1.165) is 31.6 Å². The fourth-order valence-corrected chi connectivity index (χ4v) is 3.58. The summed E-state index contributed by atoms with van der Waals surface area (Å²) >= 11 is 0. The lowest BCUT2D eigenvalue weighted by molar-refractivity contribution is -0.137. The zero-order valence-corrected chi connectivity index (χ0v) is 21.0. The third-order valence-electron chi connectivity index (χ3n) is 5.56. The Bertz CT molecular complexity index is 361. The van der Waals surface area contributed by atoms with Gasteiger partial charge in [-0.1, -0.05) is 124 Å². The molecule has 0 amide bonds. The van der Waals surface area contributed by atoms with Crippen LogP contribution < -0.4 is 0 Å². The molecule has 1 N–H and O–H groups in total. The van der Waals surface area contributed by atoms with Crippen molar-refractivity contribution in [2.75, 3.05) is 6.61 Å². The Hall–Kier alpha value is -1.13. The first-order valence-corrected chi connectivity index (χ1v) is 13.2. The van der Waals surface area contributed by atoms with Gasteiger partial charge in [-0.2, -0.15) is 0 Å². The molecule has 0 radical (unpaired) electrons. The summed E-state index contributed by atoms with van der Waals surface area (Å²) in [6, 6.07) is 0. The molecule has 5 nitrogen and oxygen atoms in total. The van der Waals surface area contributed by atoms with Crippen LogP contribution in [0.4, 0.5) is 0 Å². The van der Waals surface area contributed by atoms with E-state index < -0.39 is 5.97 Å². The van der Waals surface area contributed by atoms with Crippen LogP contribution in [-0.2, 0) is 9.63 Å². The second-order valence-electron chi connectivity index (χ2n) is 9.24. The maximum absolute atomic E-state index is 10.3. The van der Waals surface area contributed by atoms with Gasteiger partial charge in [0, 0.05) is 6.42 Å². The van der Waals surface area contributed by atoms with E-state index in [4.69, 9.17) is 5.11 Å². The van der Waals surface area contributed by atoms with E-state index in [1.54, 1.807) is 0 Å². The Balaban J connectivity index is 0. The van der Waals surface area contributed by atoms with E-state index >= 15 is 0 Å². The van der Waals surface area contributed by atoms with E-state index in [1.165, 1.54) is 96.3 Å². The van der Waals surface area contributed by atoms with E-state index in [2.05, 4.69) is 30.9 Å². The fraction of sp³-hybridized carbons (Fsp3) is 0.962. The lowest BCUT2D eigenvalue weighted by atomic mass is 10.0. The molecule has 0 unspecified atom stereocenters. The topological polar surface area (TPSA) is 76.0 Å². The molecule has 0 spiro atoms. The van der Waals surface area contributed by atoms with Crippen molar-refractivity contribution in [2.24, 2.45) is 11.3 Å². The van der Waals surface area contributed by atoms with E-state index in [9.17, 15) is 9.70 Å². The molecule has 0 bridgehead atoms. The molecule has 0 aromatic carbocycles. The number of carboxylic acid groups (broad SMARTS) is 1. The molecule has 0 atom stereocenters. The zero-order valence-electron chi connectivity index (χ0n) is 21.0. The molecule has 0 saturated heterocycles. The minimum absolute atomic E-state index is 0.344. The second kappa shape index (κ2) is 28.9. The molecule has 0 heterocycles. The Morgan fingerprint density at radius 2 is 1.13 bits per heavy atom. The van der Waals surface area contributed by atoms with Gasteiger partial charge in [0.1, 0.15) is 6.61 Å². The van der Waals surface area contributed by atoms with E-state index in [-0.39, 0.29) is 0 Å². The number of carboxylic acids is 1. The summed E-state index contributed by atoms with van der Waals surface area (Å²) in [5.74, 6) is 0.212. The molecule has 0 saturated carbocycles. The first-order chi connectivity index (χ1) is 15.0. The molecule has 31 heavy (non-hydrogen) atoms. The first kappa shape index (κ1) is 32.1. The SMILES string of the molecule is CC(C)CCCCCCCCCCCCCCC(=O)O.CCCCCCCCON=O. The normalized spacial score (nSPS) is 10.6. The Morgan fingerprint density at radius 3 is 1.55 bits per heavy atom. The highest BCUT2D eigenvalue weighted by atomic mass is 16.7. The standard InChI is InChI=1S/C18H36O2.C8H17NO2/c1-17(2)15-13-11-9-7-5-3-4-6-8-10-12-14-16-18(19)20;1-2-3-4-5-6-7-8-11-9-10/h17H,3-16H2,1-2H3,(H,19,20);2-8H2,1H3. The number of nitrogens with zero attached hydrogens (tertiary/aromatic N) is 1. The van der Waals surface area contributed by atoms with Crippen LogP contribution >= 0.6 is 0 Å². The Morgan fingerprint density at radius 1 is 0.710 bits per heavy atom. The van der Waals surface area contributed by atoms with Crippen molar-refractivity contribution in [1.29, 1.82) is 0 Å². The van der Waals surface area contributed by atoms with Crippen LogP contribution in [0.1, 0.15) is 149 Å². The van der Waals surface area contributed by atoms with Crippen LogP contribution in [0.15, 0.2) is 5.34 Å². The predicted molar refractivity (Wildman–Crippen MR) is 132 cm³/mol. The number of unbranched alkanes of at least 4 members (excludes halogenated alkanes) is 16. The smallest absolute Gasteiger partial charge is 0.303 e. The van der Waals surface area contributed by atoms with Gasteiger partial charge in [0.05, 0.1) is 0 Å². The molecule has 0 fully saturated rings. The molecule has 0 aliphatic rings. The van der Waals surface area contributed by atoms with Gasteiger partial charge in [-0.3, -0.25) is 4.79 Å². The minimum atomic E-state index is -0.654. The van der Waals surface area contributed by atoms with Gasteiger partial charge in [-0.25, -0.2) is 0 Å². The molecule has 0 aromatic rings. The minimum Gasteiger partial charge on any atom is -0.481 e. The van der Waals surface area contributed by atoms with Gasteiger partial charge in [0.2, 0.25) is 0 Å². The van der Waals surface area contributed by atoms with Crippen LogP contribution in [0.3, 0.4) is 0 Å². The van der Waals surface area contributed by atoms with Crippen LogP contribution in [0.2, 0.25) is 0 Å². The summed E-state index contributed by atoms with van der Waals surface area (Å²) in [6.07, 6.45) is 24.5. The molecule has 5 heteroatoms. The molecule has 0 aromatic heterocycles. The highest BCUT2D eigenvalue weighted by Crippen LogP contribution is 2.14. The van der Waals surface area contributed by atoms with Gasteiger partial charge in [-0.15, -0.1) is 4.91 Å². The first-order valence-electron chi connectivity index (χ1n) is 13.2. The Labute approximate surface area is 193 Å². The summed E-state index contributed by atoms with van der Waals surface area (Å²) in [5, 5.41) is 10.8. The van der Waals surface area contributed by atoms with Crippen molar-refractivity contribution in [3.05, 3.63) is 4.91 Å². The van der Waals surface area contributed by atoms with Crippen LogP contribution in [0.5, 0.6) is 0 Å². The summed E-state index contributed by atoms with van der Waals surface area (Å²) < 4.78 is 0. The lowest BCUT2D eigenvalue weighted by Gasteiger charge is -2.04. The van der Waals surface area contributed by atoms with Gasteiger partial charge in [0.15, 0.2) is 5.34 Å². The monoisotopic (exact) mass is 443 g/mol. The Kier molecular flexibility index (Phi) is 29.8. The maximum Gasteiger partial charge on any atom is 0.303 e. The lowest BCUT2D eigenvalue weighted by Crippen LogP contribution is -1.93. The second-order valence-corrected chi connectivity index (χ2v) is 9.24. The van der Waals surface area contributed by atoms with E-state index in [1.807, 2.05) is 0 Å². The fourth-order valence-electron chi connectivity index (χ4n) is 3.58. The van der Waals surface area contributed by atoms with Gasteiger partial charge >= 0.3 is 5.97 Å². The highest BCUT2D eigenvalue weighted by molar-refractivity contribution is 5.66. The number of aliphatic carboxylic acids is 1. The van der Waals surface area contributed by atoms with Gasteiger partial charge in [0.25, 0.3) is 0 Å². The number of carbonyl (C=O) groups is 1. The number of hydrogen-bond acceptors (Lipinski definition) is 4. The zero-order chi connectivity index (χ0) is 23.4. The van der Waals surface area contributed by atoms with Crippen molar-refractivity contribution < 1.29 is 14.7 Å². The summed E-state index contributed by atoms with van der Waals surface area (Å²) in [7, 11) is 0. The van der Waals surface area contributed by atoms with Crippen LogP contribution in [0.25, 0.3) is 0 Å². The largest absolute Gasteiger partial charge is 0.481 e. The third kappa shape index (κ3) is 36.6. The van der Waals surface area contributed by atoms with Crippen molar-refractivity contribution in [2.45, 2.75) is 149 Å². The molecular weight excluding hydrogens is 390 g/mol. The average molecular weight is 444 g/mol. The van der Waals surface area contributed by atoms with Gasteiger partial charge in [-0.05, 0) is 25.2 Å². The molecule has 0 rings (SSSR count). The van der Waals surface area contributed by atoms with Gasteiger partial charge < -0.3 is 9.94 Å². The summed E-state index contributed by atoms with van der Waals surface area (Å²) in [6.45, 7) is 7.29. The van der Waals surface area contributed by atoms with Crippen molar-refractivity contribution in [1.82, 2.24) is 0 Å². The van der Waals surface area contributed by atoms with Crippen molar-refractivity contribution >= 4 is 5.97 Å². The van der Waals surface area contributed by atoms with Crippen LogP contribution in [-0.4, -0.2) is 17.7 Å². The number of hydrogen-bond donors (Lipinski definition) is 1. The average Bonchev–Trinajstić information content (AvgIpc) is 2.73. The van der Waals surface area contributed by atoms with Crippen molar-refractivity contribution in [3.63, 3.8) is 0 Å². The quantitative estimate of drug-likeness (QED) is 0.0969. The third-order valence-corrected chi connectivity index (χ3v) is 5.56. The molecular formula is C26H53NO4. The maximum atomic E-state index is 10.3. The van der Waals surface area contributed by atoms with Crippen LogP contribution in [0, 0.1) is 10.8 Å². The predicted octanol–water partition coefficient (Wildman–Crippen LogP) is 9.23. The van der Waals surface area contributed by atoms with Crippen molar-refractivity contribution in [3.8, 4) is 0 Å². The highest BCUT2D eigenvalue weighted by Gasteiger charge is 1.97. The molecule has 0 aliphatic heterocycles.